The fourth-order valence-electron chi connectivity index (χ4n) is 3.55. The van der Waals surface area contributed by atoms with Gasteiger partial charge in [0.2, 0.25) is 0 Å². The van der Waals surface area contributed by atoms with Crippen molar-refractivity contribution >= 4 is 68.6 Å². The van der Waals surface area contributed by atoms with Crippen molar-refractivity contribution in [1.82, 2.24) is 5.32 Å². The van der Waals surface area contributed by atoms with Crippen LogP contribution in [0.4, 0.5) is 10.1 Å². The topological polar surface area (TPSA) is 50.7 Å². The van der Waals surface area contributed by atoms with Gasteiger partial charge in [-0.15, -0.1) is 0 Å². The first-order chi connectivity index (χ1) is 16.9. The number of benzene rings is 4. The normalized spacial score (nSPS) is 15.7. The summed E-state index contributed by atoms with van der Waals surface area (Å²) in [5.41, 5.74) is 2.18. The maximum Gasteiger partial charge on any atom is 0.264 e. The highest BCUT2D eigenvalue weighted by Crippen LogP contribution is 2.37. The molecule has 174 valence electrons. The minimum absolute atomic E-state index is 0.292. The third kappa shape index (κ3) is 5.51. The molecular weight excluding hydrogens is 506 g/mol. The van der Waals surface area contributed by atoms with Crippen LogP contribution < -0.4 is 10.1 Å². The van der Waals surface area contributed by atoms with E-state index in [2.05, 4.69) is 22.4 Å². The van der Waals surface area contributed by atoms with E-state index in [1.807, 2.05) is 30.3 Å². The summed E-state index contributed by atoms with van der Waals surface area (Å²) in [6.07, 6.45) is 1.68. The molecule has 1 saturated heterocycles. The Morgan fingerprint density at radius 2 is 1.66 bits per heavy atom. The Balaban J connectivity index is 1.31. The minimum atomic E-state index is -0.351. The first kappa shape index (κ1) is 23.4. The molecule has 1 aliphatic heterocycles. The standard InChI is InChI=1S/C27H17Cl2FN2O2S/c28-22-12-17(14-24-26(33)32-27(35-24)31-21-9-7-20(30)8-10-21)13-23(29)25(22)34-15-16-5-6-18-3-1-2-4-19(18)11-16/h1-14H,15H2,(H,31,32,33)/b24-14+. The molecule has 1 amide bonds. The van der Waals surface area contributed by atoms with E-state index >= 15 is 0 Å². The van der Waals surface area contributed by atoms with Gasteiger partial charge in [-0.2, -0.15) is 0 Å². The zero-order valence-corrected chi connectivity index (χ0v) is 20.4. The van der Waals surface area contributed by atoms with Crippen molar-refractivity contribution in [3.8, 4) is 5.75 Å². The first-order valence-corrected chi connectivity index (χ1v) is 12.2. The van der Waals surface area contributed by atoms with Crippen molar-refractivity contribution in [3.05, 3.63) is 111 Å². The summed E-state index contributed by atoms with van der Waals surface area (Å²) in [7, 11) is 0. The van der Waals surface area contributed by atoms with Gasteiger partial charge < -0.3 is 10.1 Å². The van der Waals surface area contributed by atoms with Crippen LogP contribution in [0.5, 0.6) is 5.75 Å². The van der Waals surface area contributed by atoms with E-state index in [1.54, 1.807) is 18.2 Å². The quantitative estimate of drug-likeness (QED) is 0.272. The third-order valence-corrected chi connectivity index (χ3v) is 6.69. The highest BCUT2D eigenvalue weighted by molar-refractivity contribution is 8.18. The smallest absolute Gasteiger partial charge is 0.264 e. The molecule has 4 nitrogen and oxygen atoms in total. The Morgan fingerprint density at radius 1 is 0.943 bits per heavy atom. The Bertz CT molecular complexity index is 1480. The molecule has 1 N–H and O–H groups in total. The van der Waals surface area contributed by atoms with Crippen LogP contribution >= 0.6 is 35.0 Å². The first-order valence-electron chi connectivity index (χ1n) is 10.6. The van der Waals surface area contributed by atoms with E-state index in [0.29, 0.717) is 43.7 Å². The Hall–Kier alpha value is -3.32. The van der Waals surface area contributed by atoms with Gasteiger partial charge in [-0.3, -0.25) is 4.79 Å². The third-order valence-electron chi connectivity index (χ3n) is 5.22. The van der Waals surface area contributed by atoms with Crippen LogP contribution in [-0.2, 0) is 11.4 Å². The second kappa shape index (κ2) is 10.1. The second-order valence-electron chi connectivity index (χ2n) is 7.74. The molecule has 8 heteroatoms. The number of halogens is 3. The zero-order chi connectivity index (χ0) is 24.4. The van der Waals surface area contributed by atoms with Gasteiger partial charge in [0.05, 0.1) is 20.6 Å². The van der Waals surface area contributed by atoms with Gasteiger partial charge in [-0.1, -0.05) is 59.6 Å². The van der Waals surface area contributed by atoms with Crippen LogP contribution in [0.15, 0.2) is 88.8 Å². The van der Waals surface area contributed by atoms with E-state index in [-0.39, 0.29) is 11.7 Å². The van der Waals surface area contributed by atoms with Crippen molar-refractivity contribution < 1.29 is 13.9 Å². The molecule has 4 aromatic carbocycles. The van der Waals surface area contributed by atoms with Gasteiger partial charge >= 0.3 is 0 Å². The number of fused-ring (bicyclic) bond motifs is 1. The van der Waals surface area contributed by atoms with Crippen molar-refractivity contribution in [2.45, 2.75) is 6.61 Å². The summed E-state index contributed by atoms with van der Waals surface area (Å²) >= 11 is 14.1. The summed E-state index contributed by atoms with van der Waals surface area (Å²) in [5, 5.41) is 6.07. The molecule has 5 rings (SSSR count). The van der Waals surface area contributed by atoms with Gasteiger partial charge in [0.15, 0.2) is 10.9 Å². The maximum atomic E-state index is 13.1. The lowest BCUT2D eigenvalue weighted by molar-refractivity contribution is -0.115. The van der Waals surface area contributed by atoms with Gasteiger partial charge in [0, 0.05) is 0 Å². The maximum absolute atomic E-state index is 13.1. The van der Waals surface area contributed by atoms with E-state index in [0.717, 1.165) is 16.3 Å². The molecule has 35 heavy (non-hydrogen) atoms. The summed E-state index contributed by atoms with van der Waals surface area (Å²) in [4.78, 5) is 17.2. The molecule has 0 atom stereocenters. The number of rotatable bonds is 5. The highest BCUT2D eigenvalue weighted by atomic mass is 35.5. The molecule has 0 unspecified atom stereocenters. The lowest BCUT2D eigenvalue weighted by Crippen LogP contribution is -2.19. The van der Waals surface area contributed by atoms with Crippen LogP contribution in [0.3, 0.4) is 0 Å². The van der Waals surface area contributed by atoms with Crippen molar-refractivity contribution in [1.29, 1.82) is 0 Å². The molecular formula is C27H17Cl2FN2O2S. The second-order valence-corrected chi connectivity index (χ2v) is 9.59. The zero-order valence-electron chi connectivity index (χ0n) is 18.1. The van der Waals surface area contributed by atoms with Crippen LogP contribution in [0.2, 0.25) is 10.0 Å². The van der Waals surface area contributed by atoms with Crippen LogP contribution in [0.1, 0.15) is 11.1 Å². The summed E-state index contributed by atoms with van der Waals surface area (Å²) in [6.45, 7) is 0.312. The van der Waals surface area contributed by atoms with Gasteiger partial charge in [-0.25, -0.2) is 9.38 Å². The number of aliphatic imine (C=N–C) groups is 1. The van der Waals surface area contributed by atoms with Crippen molar-refractivity contribution in [3.63, 3.8) is 0 Å². The van der Waals surface area contributed by atoms with Crippen molar-refractivity contribution in [2.75, 3.05) is 0 Å². The van der Waals surface area contributed by atoms with Gasteiger partial charge in [0.1, 0.15) is 12.4 Å². The molecule has 0 spiro atoms. The van der Waals surface area contributed by atoms with Crippen molar-refractivity contribution in [2.24, 2.45) is 4.99 Å². The average molecular weight is 523 g/mol. The Morgan fingerprint density at radius 3 is 2.40 bits per heavy atom. The molecule has 0 saturated carbocycles. The molecule has 4 aromatic rings. The van der Waals surface area contributed by atoms with Gasteiger partial charge in [0.25, 0.3) is 5.91 Å². The number of nitrogens with one attached hydrogen (secondary N) is 1. The summed E-state index contributed by atoms with van der Waals surface area (Å²) in [5.74, 6) is -0.262. The molecule has 0 bridgehead atoms. The van der Waals surface area contributed by atoms with E-state index in [4.69, 9.17) is 27.9 Å². The predicted octanol–water partition coefficient (Wildman–Crippen LogP) is 7.76. The molecule has 1 fully saturated rings. The molecule has 0 aromatic heterocycles. The fraction of sp³-hybridized carbons (Fsp3) is 0.0370. The monoisotopic (exact) mass is 522 g/mol. The van der Waals surface area contributed by atoms with Crippen LogP contribution in [0, 0.1) is 5.82 Å². The van der Waals surface area contributed by atoms with E-state index in [9.17, 15) is 9.18 Å². The predicted molar refractivity (Wildman–Crippen MR) is 142 cm³/mol. The molecule has 1 heterocycles. The number of thioether (sulfide) groups is 1. The number of carbonyl (C=O) groups is 1. The molecule has 0 aliphatic carbocycles. The SMILES string of the molecule is O=C1NC(=Nc2ccc(F)cc2)S/C1=C/c1cc(Cl)c(OCc2ccc3ccccc3c2)c(Cl)c1. The number of hydrogen-bond acceptors (Lipinski definition) is 4. The number of ether oxygens (including phenoxy) is 1. The average Bonchev–Trinajstić information content (AvgIpc) is 3.18. The fourth-order valence-corrected chi connectivity index (χ4v) is 5.00. The van der Waals surface area contributed by atoms with E-state index in [1.165, 1.54) is 36.0 Å². The lowest BCUT2D eigenvalue weighted by Gasteiger charge is -2.12. The number of nitrogens with zero attached hydrogens (tertiary/aromatic N) is 1. The number of amides is 1. The van der Waals surface area contributed by atoms with Crippen LogP contribution in [-0.4, -0.2) is 11.1 Å². The summed E-state index contributed by atoms with van der Waals surface area (Å²) < 4.78 is 19.0. The largest absolute Gasteiger partial charge is 0.486 e. The molecule has 0 radical (unpaired) electrons. The van der Waals surface area contributed by atoms with Crippen LogP contribution in [0.25, 0.3) is 16.8 Å². The van der Waals surface area contributed by atoms with Gasteiger partial charge in [-0.05, 0) is 82.2 Å². The number of amidine groups is 1. The Labute approximate surface area is 215 Å². The number of hydrogen-bond donors (Lipinski definition) is 1. The summed E-state index contributed by atoms with van der Waals surface area (Å²) in [6, 6.07) is 23.3. The minimum Gasteiger partial charge on any atom is -0.486 e. The van der Waals surface area contributed by atoms with E-state index < -0.39 is 0 Å². The highest BCUT2D eigenvalue weighted by Gasteiger charge is 2.24. The molecule has 1 aliphatic rings. The number of carbonyl (C=O) groups excluding carboxylic acids is 1. The Kier molecular flexibility index (Phi) is 6.77. The lowest BCUT2D eigenvalue weighted by atomic mass is 10.1.